The Bertz CT molecular complexity index is 1030. The molecule has 9 nitrogen and oxygen atoms in total. The van der Waals surface area contributed by atoms with Gasteiger partial charge in [-0.15, -0.1) is 0 Å². The van der Waals surface area contributed by atoms with Gasteiger partial charge in [0.1, 0.15) is 18.2 Å². The number of benzene rings is 2. The number of ether oxygens (including phenoxy) is 2. The quantitative estimate of drug-likeness (QED) is 0.426. The Morgan fingerprint density at radius 3 is 2.33 bits per heavy atom. The third-order valence-corrected chi connectivity index (χ3v) is 5.71. The molecule has 2 amide bonds. The van der Waals surface area contributed by atoms with Gasteiger partial charge in [0.05, 0.1) is 0 Å². The van der Waals surface area contributed by atoms with Crippen LogP contribution in [0.2, 0.25) is 0 Å². The number of carbonyl (C=O) groups is 3. The minimum atomic E-state index is -0.995. The van der Waals surface area contributed by atoms with Crippen LogP contribution in [0.15, 0.2) is 54.6 Å². The standard InChI is InChI=1S/C27H36N4O5/c1-27(2,3)36-25(33)23(29-26(34)35-19-20-8-5-4-6-9-20)12-13-24(32)31-16-14-30(15-17-31)22-11-7-10-21(28)18-22/h4-11,18,23H,12-17,19,28H2,1-3H3,(H,29,34)/t23-/m0/s1. The molecule has 1 fully saturated rings. The van der Waals surface area contributed by atoms with Gasteiger partial charge in [-0.2, -0.15) is 0 Å². The lowest BCUT2D eigenvalue weighted by Gasteiger charge is -2.36. The first kappa shape index (κ1) is 26.8. The molecule has 0 aromatic heterocycles. The van der Waals surface area contributed by atoms with Crippen LogP contribution in [0.25, 0.3) is 0 Å². The summed E-state index contributed by atoms with van der Waals surface area (Å²) in [6.07, 6.45) is -0.525. The van der Waals surface area contributed by atoms with Crippen LogP contribution in [0, 0.1) is 0 Å². The zero-order valence-corrected chi connectivity index (χ0v) is 21.2. The van der Waals surface area contributed by atoms with Crippen molar-refractivity contribution in [1.82, 2.24) is 10.2 Å². The molecule has 1 aliphatic heterocycles. The first-order chi connectivity index (χ1) is 17.1. The van der Waals surface area contributed by atoms with Crippen molar-refractivity contribution in [2.45, 2.75) is 51.9 Å². The van der Waals surface area contributed by atoms with Crippen LogP contribution < -0.4 is 16.0 Å². The van der Waals surface area contributed by atoms with Crippen molar-refractivity contribution < 1.29 is 23.9 Å². The Balaban J connectivity index is 1.52. The molecule has 1 heterocycles. The number of nitrogen functional groups attached to an aromatic ring is 1. The molecule has 2 aromatic carbocycles. The highest BCUT2D eigenvalue weighted by atomic mass is 16.6. The number of esters is 1. The summed E-state index contributed by atoms with van der Waals surface area (Å²) in [5.74, 6) is -0.673. The molecule has 1 aliphatic rings. The van der Waals surface area contributed by atoms with Crippen molar-refractivity contribution in [2.75, 3.05) is 36.8 Å². The third-order valence-electron chi connectivity index (χ3n) is 5.71. The fourth-order valence-corrected chi connectivity index (χ4v) is 3.89. The average molecular weight is 497 g/mol. The summed E-state index contributed by atoms with van der Waals surface area (Å²) in [6, 6.07) is 15.9. The van der Waals surface area contributed by atoms with Crippen molar-refractivity contribution in [3.05, 3.63) is 60.2 Å². The number of nitrogens with one attached hydrogen (secondary N) is 1. The fourth-order valence-electron chi connectivity index (χ4n) is 3.89. The van der Waals surface area contributed by atoms with E-state index in [1.54, 1.807) is 25.7 Å². The maximum atomic E-state index is 12.9. The van der Waals surface area contributed by atoms with Gasteiger partial charge in [-0.25, -0.2) is 9.59 Å². The van der Waals surface area contributed by atoms with E-state index in [2.05, 4.69) is 10.2 Å². The van der Waals surface area contributed by atoms with Gasteiger partial charge in [-0.3, -0.25) is 4.79 Å². The molecule has 0 bridgehead atoms. The Kier molecular flexibility index (Phi) is 9.16. The Hall–Kier alpha value is -3.75. The van der Waals surface area contributed by atoms with Crippen LogP contribution in [-0.2, 0) is 25.7 Å². The van der Waals surface area contributed by atoms with Gasteiger partial charge in [0.2, 0.25) is 5.91 Å². The molecule has 9 heteroatoms. The summed E-state index contributed by atoms with van der Waals surface area (Å²) in [5, 5.41) is 2.58. The number of carbonyl (C=O) groups excluding carboxylic acids is 3. The minimum Gasteiger partial charge on any atom is -0.458 e. The summed E-state index contributed by atoms with van der Waals surface area (Å²) in [6.45, 7) is 7.84. The predicted octanol–water partition coefficient (Wildman–Crippen LogP) is 3.33. The molecular weight excluding hydrogens is 460 g/mol. The molecule has 0 radical (unpaired) electrons. The monoisotopic (exact) mass is 496 g/mol. The zero-order chi connectivity index (χ0) is 26.1. The van der Waals surface area contributed by atoms with Crippen LogP contribution in [0.3, 0.4) is 0 Å². The van der Waals surface area contributed by atoms with Crippen LogP contribution in [0.4, 0.5) is 16.2 Å². The maximum Gasteiger partial charge on any atom is 0.408 e. The number of alkyl carbamates (subject to hydrolysis) is 1. The summed E-state index contributed by atoms with van der Waals surface area (Å²) in [7, 11) is 0. The lowest BCUT2D eigenvalue weighted by atomic mass is 10.1. The van der Waals surface area contributed by atoms with Crippen LogP contribution in [-0.4, -0.2) is 60.7 Å². The second-order valence-electron chi connectivity index (χ2n) is 9.79. The first-order valence-electron chi connectivity index (χ1n) is 12.2. The van der Waals surface area contributed by atoms with Crippen molar-refractivity contribution in [2.24, 2.45) is 0 Å². The van der Waals surface area contributed by atoms with Crippen LogP contribution in [0.1, 0.15) is 39.2 Å². The average Bonchev–Trinajstić information content (AvgIpc) is 2.84. The summed E-state index contributed by atoms with van der Waals surface area (Å²) in [4.78, 5) is 42.0. The second kappa shape index (κ2) is 12.3. The minimum absolute atomic E-state index is 0.0734. The maximum absolute atomic E-state index is 12.9. The van der Waals surface area contributed by atoms with Crippen LogP contribution in [0.5, 0.6) is 0 Å². The van der Waals surface area contributed by atoms with E-state index in [4.69, 9.17) is 15.2 Å². The Morgan fingerprint density at radius 2 is 1.69 bits per heavy atom. The van der Waals surface area contributed by atoms with Crippen molar-refractivity contribution in [3.63, 3.8) is 0 Å². The predicted molar refractivity (Wildman–Crippen MR) is 138 cm³/mol. The fraction of sp³-hybridized carbons (Fsp3) is 0.444. The highest BCUT2D eigenvalue weighted by Gasteiger charge is 2.29. The van der Waals surface area contributed by atoms with E-state index in [1.165, 1.54) is 0 Å². The highest BCUT2D eigenvalue weighted by Crippen LogP contribution is 2.20. The molecular formula is C27H36N4O5. The number of nitrogens with two attached hydrogens (primary N) is 1. The van der Waals surface area contributed by atoms with Gasteiger partial charge < -0.3 is 30.3 Å². The Morgan fingerprint density at radius 1 is 1.00 bits per heavy atom. The molecule has 1 saturated heterocycles. The van der Waals surface area contributed by atoms with Gasteiger partial charge >= 0.3 is 12.1 Å². The summed E-state index contributed by atoms with van der Waals surface area (Å²) >= 11 is 0. The van der Waals surface area contributed by atoms with E-state index in [0.717, 1.165) is 11.3 Å². The van der Waals surface area contributed by atoms with E-state index >= 15 is 0 Å². The van der Waals surface area contributed by atoms with E-state index in [1.807, 2.05) is 54.6 Å². The molecule has 0 aliphatic carbocycles. The normalized spacial score (nSPS) is 14.6. The largest absolute Gasteiger partial charge is 0.458 e. The molecule has 0 spiro atoms. The SMILES string of the molecule is CC(C)(C)OC(=O)[C@H](CCC(=O)N1CCN(c2cccc(N)c2)CC1)NC(=O)OCc1ccccc1. The van der Waals surface area contributed by atoms with Crippen molar-refractivity contribution >= 4 is 29.3 Å². The van der Waals surface area contributed by atoms with E-state index in [-0.39, 0.29) is 25.4 Å². The molecule has 3 N–H and O–H groups in total. The number of hydrogen-bond acceptors (Lipinski definition) is 7. The highest BCUT2D eigenvalue weighted by molar-refractivity contribution is 5.83. The number of nitrogens with zero attached hydrogens (tertiary/aromatic N) is 2. The smallest absolute Gasteiger partial charge is 0.408 e. The van der Waals surface area contributed by atoms with Gasteiger partial charge in [-0.05, 0) is 51.0 Å². The molecule has 2 aromatic rings. The molecule has 194 valence electrons. The van der Waals surface area contributed by atoms with Gasteiger partial charge in [0, 0.05) is 44.0 Å². The molecule has 1 atom stereocenters. The Labute approximate surface area is 212 Å². The molecule has 36 heavy (non-hydrogen) atoms. The van der Waals surface area contributed by atoms with Crippen LogP contribution >= 0.6 is 0 Å². The number of amides is 2. The molecule has 3 rings (SSSR count). The summed E-state index contributed by atoms with van der Waals surface area (Å²) in [5.41, 5.74) is 7.72. The molecule has 0 saturated carbocycles. The second-order valence-corrected chi connectivity index (χ2v) is 9.79. The van der Waals surface area contributed by atoms with Gasteiger partial charge in [-0.1, -0.05) is 36.4 Å². The number of anilines is 2. The van der Waals surface area contributed by atoms with Gasteiger partial charge in [0.25, 0.3) is 0 Å². The zero-order valence-electron chi connectivity index (χ0n) is 21.2. The van der Waals surface area contributed by atoms with Crippen molar-refractivity contribution in [3.8, 4) is 0 Å². The van der Waals surface area contributed by atoms with Crippen molar-refractivity contribution in [1.29, 1.82) is 0 Å². The first-order valence-corrected chi connectivity index (χ1v) is 12.2. The number of piperazine rings is 1. The van der Waals surface area contributed by atoms with E-state index < -0.39 is 23.7 Å². The summed E-state index contributed by atoms with van der Waals surface area (Å²) < 4.78 is 10.7. The molecule has 0 unspecified atom stereocenters. The lowest BCUT2D eigenvalue weighted by molar-refractivity contribution is -0.157. The van der Waals surface area contributed by atoms with E-state index in [0.29, 0.717) is 31.9 Å². The number of rotatable bonds is 8. The topological polar surface area (TPSA) is 114 Å². The number of hydrogen-bond donors (Lipinski definition) is 2. The van der Waals surface area contributed by atoms with E-state index in [9.17, 15) is 14.4 Å². The lowest BCUT2D eigenvalue weighted by Crippen LogP contribution is -2.49. The third kappa shape index (κ3) is 8.48. The van der Waals surface area contributed by atoms with Gasteiger partial charge in [0.15, 0.2) is 0 Å².